The van der Waals surface area contributed by atoms with Gasteiger partial charge in [-0.05, 0) is 38.1 Å². The van der Waals surface area contributed by atoms with Crippen LogP contribution in [0.3, 0.4) is 0 Å². The van der Waals surface area contributed by atoms with Gasteiger partial charge >= 0.3 is 0 Å². The molecular weight excluding hydrogens is 260 g/mol. The Hall–Kier alpha value is -0.910. The van der Waals surface area contributed by atoms with Crippen molar-refractivity contribution in [2.75, 3.05) is 14.1 Å². The predicted octanol–water partition coefficient (Wildman–Crippen LogP) is 2.22. The Labute approximate surface area is 116 Å². The molecule has 1 aromatic carbocycles. The molecule has 1 rings (SSSR count). The van der Waals surface area contributed by atoms with Crippen molar-refractivity contribution in [3.63, 3.8) is 0 Å². The Balaban J connectivity index is 3.02. The molecule has 1 N–H and O–H groups in total. The zero-order valence-electron chi connectivity index (χ0n) is 12.2. The predicted molar refractivity (Wildman–Crippen MR) is 78.5 cm³/mol. The van der Waals surface area contributed by atoms with Crippen LogP contribution in [0.4, 0.5) is 0 Å². The van der Waals surface area contributed by atoms with Crippen LogP contribution in [0.25, 0.3) is 0 Å². The lowest BCUT2D eigenvalue weighted by atomic mass is 10.2. The molecule has 0 heterocycles. The quantitative estimate of drug-likeness (QED) is 0.835. The molecule has 1 aromatic rings. The highest BCUT2D eigenvalue weighted by Crippen LogP contribution is 2.19. The molecule has 1 atom stereocenters. The summed E-state index contributed by atoms with van der Waals surface area (Å²) in [4.78, 5) is 0.366. The van der Waals surface area contributed by atoms with Gasteiger partial charge in [-0.2, -0.15) is 4.31 Å². The molecule has 0 spiro atoms. The number of hydrogen-bond acceptors (Lipinski definition) is 3. The van der Waals surface area contributed by atoms with Gasteiger partial charge in [0.1, 0.15) is 0 Å². The molecule has 0 saturated carbocycles. The van der Waals surface area contributed by atoms with E-state index in [1.165, 1.54) is 4.31 Å². The molecular formula is C14H24N2O2S. The van der Waals surface area contributed by atoms with E-state index in [0.717, 1.165) is 18.4 Å². The van der Waals surface area contributed by atoms with Crippen molar-refractivity contribution >= 4 is 10.0 Å². The van der Waals surface area contributed by atoms with E-state index in [1.54, 1.807) is 25.2 Å². The van der Waals surface area contributed by atoms with Crippen LogP contribution in [-0.2, 0) is 16.6 Å². The second-order valence-electron chi connectivity index (χ2n) is 4.84. The summed E-state index contributed by atoms with van der Waals surface area (Å²) in [6, 6.07) is 7.12. The van der Waals surface area contributed by atoms with E-state index in [-0.39, 0.29) is 6.04 Å². The second kappa shape index (κ2) is 7.03. The monoisotopic (exact) mass is 284 g/mol. The largest absolute Gasteiger partial charge is 0.316 e. The maximum absolute atomic E-state index is 12.5. The Morgan fingerprint density at radius 1 is 1.37 bits per heavy atom. The van der Waals surface area contributed by atoms with Gasteiger partial charge in [0.2, 0.25) is 10.0 Å². The number of rotatable bonds is 7. The third-order valence-corrected chi connectivity index (χ3v) is 5.25. The summed E-state index contributed by atoms with van der Waals surface area (Å²) >= 11 is 0. The van der Waals surface area contributed by atoms with E-state index in [4.69, 9.17) is 0 Å². The number of sulfonamides is 1. The molecule has 108 valence electrons. The molecule has 0 aliphatic heterocycles. The average molecular weight is 284 g/mol. The molecule has 19 heavy (non-hydrogen) atoms. The van der Waals surface area contributed by atoms with Crippen LogP contribution in [0.15, 0.2) is 29.2 Å². The maximum Gasteiger partial charge on any atom is 0.243 e. The van der Waals surface area contributed by atoms with E-state index in [2.05, 4.69) is 12.2 Å². The van der Waals surface area contributed by atoms with E-state index < -0.39 is 10.0 Å². The second-order valence-corrected chi connectivity index (χ2v) is 6.83. The van der Waals surface area contributed by atoms with Crippen LogP contribution in [0.1, 0.15) is 32.3 Å². The van der Waals surface area contributed by atoms with Crippen LogP contribution in [0.5, 0.6) is 0 Å². The highest BCUT2D eigenvalue weighted by Gasteiger charge is 2.24. The molecule has 5 heteroatoms. The van der Waals surface area contributed by atoms with Crippen LogP contribution >= 0.6 is 0 Å². The summed E-state index contributed by atoms with van der Waals surface area (Å²) < 4.78 is 26.5. The van der Waals surface area contributed by atoms with Gasteiger partial charge < -0.3 is 5.32 Å². The topological polar surface area (TPSA) is 49.4 Å². The minimum absolute atomic E-state index is 0.0166. The Bertz CT molecular complexity index is 500. The average Bonchev–Trinajstić information content (AvgIpc) is 2.39. The molecule has 4 nitrogen and oxygen atoms in total. The standard InChI is InChI=1S/C14H24N2O2S/c1-5-7-12(2)16(4)19(17,18)14-9-6-8-13(10-14)11-15-3/h6,8-10,12,15H,5,7,11H2,1-4H3. The van der Waals surface area contributed by atoms with Gasteiger partial charge in [-0.1, -0.05) is 25.5 Å². The highest BCUT2D eigenvalue weighted by atomic mass is 32.2. The van der Waals surface area contributed by atoms with Crippen LogP contribution in [0, 0.1) is 0 Å². The summed E-state index contributed by atoms with van der Waals surface area (Å²) in [5.74, 6) is 0. The van der Waals surface area contributed by atoms with E-state index >= 15 is 0 Å². The summed E-state index contributed by atoms with van der Waals surface area (Å²) in [5, 5.41) is 3.03. The van der Waals surface area contributed by atoms with Crippen molar-refractivity contribution in [1.29, 1.82) is 0 Å². The molecule has 0 aliphatic rings. The number of hydrogen-bond donors (Lipinski definition) is 1. The van der Waals surface area contributed by atoms with Crippen LogP contribution < -0.4 is 5.32 Å². The molecule has 0 aliphatic carbocycles. The first-order valence-electron chi connectivity index (χ1n) is 6.65. The van der Waals surface area contributed by atoms with Gasteiger partial charge in [0, 0.05) is 19.6 Å². The van der Waals surface area contributed by atoms with Crippen molar-refractivity contribution < 1.29 is 8.42 Å². The number of nitrogens with one attached hydrogen (secondary N) is 1. The Morgan fingerprint density at radius 2 is 2.05 bits per heavy atom. The first-order chi connectivity index (χ1) is 8.93. The fourth-order valence-electron chi connectivity index (χ4n) is 2.02. The van der Waals surface area contributed by atoms with Crippen molar-refractivity contribution in [1.82, 2.24) is 9.62 Å². The number of benzene rings is 1. The maximum atomic E-state index is 12.5. The highest BCUT2D eigenvalue weighted by molar-refractivity contribution is 7.89. The van der Waals surface area contributed by atoms with Crippen LogP contribution in [0.2, 0.25) is 0 Å². The summed E-state index contributed by atoms with van der Waals surface area (Å²) in [7, 11) is 0.101. The minimum Gasteiger partial charge on any atom is -0.316 e. The summed E-state index contributed by atoms with van der Waals surface area (Å²) in [5.41, 5.74) is 0.972. The summed E-state index contributed by atoms with van der Waals surface area (Å²) in [6.45, 7) is 4.67. The lowest BCUT2D eigenvalue weighted by molar-refractivity contribution is 0.368. The lowest BCUT2D eigenvalue weighted by Crippen LogP contribution is -2.35. The fraction of sp³-hybridized carbons (Fsp3) is 0.571. The zero-order chi connectivity index (χ0) is 14.5. The van der Waals surface area contributed by atoms with Gasteiger partial charge in [-0.25, -0.2) is 8.42 Å². The van der Waals surface area contributed by atoms with Gasteiger partial charge in [0.25, 0.3) is 0 Å². The van der Waals surface area contributed by atoms with Gasteiger partial charge in [-0.3, -0.25) is 0 Å². The fourth-order valence-corrected chi connectivity index (χ4v) is 3.49. The van der Waals surface area contributed by atoms with Crippen molar-refractivity contribution in [2.45, 2.75) is 44.2 Å². The third-order valence-electron chi connectivity index (χ3n) is 3.28. The van der Waals surface area contributed by atoms with Gasteiger partial charge in [0.15, 0.2) is 0 Å². The third kappa shape index (κ3) is 4.03. The molecule has 0 aromatic heterocycles. The van der Waals surface area contributed by atoms with Crippen molar-refractivity contribution in [3.05, 3.63) is 29.8 Å². The van der Waals surface area contributed by atoms with Gasteiger partial charge in [0.05, 0.1) is 4.90 Å². The molecule has 1 unspecified atom stereocenters. The SMILES string of the molecule is CCCC(C)N(C)S(=O)(=O)c1cccc(CNC)c1. The van der Waals surface area contributed by atoms with Crippen molar-refractivity contribution in [3.8, 4) is 0 Å². The smallest absolute Gasteiger partial charge is 0.243 e. The Morgan fingerprint density at radius 3 is 2.63 bits per heavy atom. The molecule has 0 radical (unpaired) electrons. The van der Waals surface area contributed by atoms with Crippen molar-refractivity contribution in [2.24, 2.45) is 0 Å². The summed E-state index contributed by atoms with van der Waals surface area (Å²) in [6.07, 6.45) is 1.84. The number of nitrogens with zero attached hydrogens (tertiary/aromatic N) is 1. The van der Waals surface area contributed by atoms with E-state index in [1.807, 2.05) is 20.0 Å². The molecule has 0 fully saturated rings. The zero-order valence-corrected chi connectivity index (χ0v) is 13.0. The van der Waals surface area contributed by atoms with E-state index in [0.29, 0.717) is 11.4 Å². The Kier molecular flexibility index (Phi) is 5.97. The molecule has 0 bridgehead atoms. The van der Waals surface area contributed by atoms with Crippen LogP contribution in [-0.4, -0.2) is 32.9 Å². The first kappa shape index (κ1) is 16.1. The lowest BCUT2D eigenvalue weighted by Gasteiger charge is -2.24. The van der Waals surface area contributed by atoms with Gasteiger partial charge in [-0.15, -0.1) is 0 Å². The molecule has 0 amide bonds. The van der Waals surface area contributed by atoms with E-state index in [9.17, 15) is 8.42 Å². The first-order valence-corrected chi connectivity index (χ1v) is 8.09. The normalized spacial score (nSPS) is 13.7. The molecule has 0 saturated heterocycles. The minimum atomic E-state index is -3.40.